The number of nitrogens with zero attached hydrogens (tertiary/aromatic N) is 1. The first kappa shape index (κ1) is 23.7. The zero-order chi connectivity index (χ0) is 28.8. The van der Waals surface area contributed by atoms with Crippen LogP contribution in [-0.2, 0) is 0 Å². The second kappa shape index (κ2) is 8.86. The quantitative estimate of drug-likeness (QED) is 0.153. The van der Waals surface area contributed by atoms with Gasteiger partial charge in [0.2, 0.25) is 0 Å². The third-order valence-corrected chi connectivity index (χ3v) is 9.55. The molecule has 0 unspecified atom stereocenters. The van der Waals surface area contributed by atoms with Gasteiger partial charge in [-0.25, -0.2) is 4.98 Å². The van der Waals surface area contributed by atoms with Crippen LogP contribution in [0.3, 0.4) is 0 Å². The van der Waals surface area contributed by atoms with Crippen molar-refractivity contribution in [2.24, 2.45) is 0 Å². The molecule has 0 atom stereocenters. The molecule has 1 heterocycles. The largest absolute Gasteiger partial charge is 0.246 e. The Kier molecular flexibility index (Phi) is 4.78. The number of pyridine rings is 1. The summed E-state index contributed by atoms with van der Waals surface area (Å²) in [6.07, 6.45) is 0. The molecule has 0 fully saturated rings. The number of fused-ring (bicyclic) bond motifs is 6. The van der Waals surface area contributed by atoms with Crippen molar-refractivity contribution < 1.29 is 0 Å². The molecule has 0 bridgehead atoms. The van der Waals surface area contributed by atoms with Gasteiger partial charge < -0.3 is 0 Å². The van der Waals surface area contributed by atoms with E-state index in [1.165, 1.54) is 86.9 Å². The minimum Gasteiger partial charge on any atom is -0.246 e. The molecular formula is C43H25N. The van der Waals surface area contributed by atoms with Gasteiger partial charge in [-0.3, -0.25) is 0 Å². The molecule has 1 heteroatoms. The lowest BCUT2D eigenvalue weighted by Gasteiger charge is -2.17. The molecule has 0 saturated heterocycles. The van der Waals surface area contributed by atoms with Gasteiger partial charge in [-0.15, -0.1) is 0 Å². The minimum absolute atomic E-state index is 1.05. The summed E-state index contributed by atoms with van der Waals surface area (Å²) in [6.45, 7) is 0. The van der Waals surface area contributed by atoms with E-state index in [4.69, 9.17) is 4.98 Å². The predicted octanol–water partition coefficient (Wildman–Crippen LogP) is 11.9. The molecule has 9 aromatic carbocycles. The van der Waals surface area contributed by atoms with Crippen LogP contribution in [0.25, 0.3) is 97.9 Å². The van der Waals surface area contributed by atoms with Gasteiger partial charge in [0.25, 0.3) is 0 Å². The standard InChI is InChI=1S/C43H25N/c1-3-13-34-26(7-1)17-23-37-40(38-24-18-27-8-2-4-14-35(27)43(38)44-42(34)37)32-12-6-11-31(25-32)33-21-19-30-16-15-28-9-5-10-29-20-22-36(33)41(30)39(28)29/h1-25H. The highest BCUT2D eigenvalue weighted by molar-refractivity contribution is 6.26. The van der Waals surface area contributed by atoms with Crippen molar-refractivity contribution in [3.63, 3.8) is 0 Å². The van der Waals surface area contributed by atoms with Crippen molar-refractivity contribution in [3.05, 3.63) is 152 Å². The molecule has 44 heavy (non-hydrogen) atoms. The zero-order valence-corrected chi connectivity index (χ0v) is 23.9. The van der Waals surface area contributed by atoms with E-state index in [2.05, 4.69) is 152 Å². The highest BCUT2D eigenvalue weighted by Gasteiger charge is 2.17. The van der Waals surface area contributed by atoms with Crippen molar-refractivity contribution in [3.8, 4) is 22.3 Å². The molecule has 0 aliphatic rings. The molecule has 202 valence electrons. The van der Waals surface area contributed by atoms with E-state index in [0.29, 0.717) is 0 Å². The van der Waals surface area contributed by atoms with Crippen LogP contribution in [0.1, 0.15) is 0 Å². The van der Waals surface area contributed by atoms with Gasteiger partial charge in [0.1, 0.15) is 0 Å². The Balaban J connectivity index is 1.30. The van der Waals surface area contributed by atoms with Gasteiger partial charge in [0.05, 0.1) is 11.0 Å². The number of hydrogen-bond acceptors (Lipinski definition) is 1. The Hall–Kier alpha value is -5.79. The molecule has 0 saturated carbocycles. The summed E-state index contributed by atoms with van der Waals surface area (Å²) in [4.78, 5) is 5.39. The topological polar surface area (TPSA) is 12.9 Å². The Bertz CT molecular complexity index is 2660. The summed E-state index contributed by atoms with van der Waals surface area (Å²) in [5.74, 6) is 0. The fourth-order valence-corrected chi connectivity index (χ4v) is 7.55. The van der Waals surface area contributed by atoms with Crippen LogP contribution >= 0.6 is 0 Å². The third kappa shape index (κ3) is 3.27. The summed E-state index contributed by atoms with van der Waals surface area (Å²) in [7, 11) is 0. The lowest BCUT2D eigenvalue weighted by Crippen LogP contribution is -1.92. The van der Waals surface area contributed by atoms with Crippen molar-refractivity contribution in [1.29, 1.82) is 0 Å². The lowest BCUT2D eigenvalue weighted by atomic mass is 9.88. The fourth-order valence-electron chi connectivity index (χ4n) is 7.55. The molecule has 1 aromatic heterocycles. The Labute approximate surface area is 254 Å². The Morgan fingerprint density at radius 2 is 0.818 bits per heavy atom. The van der Waals surface area contributed by atoms with Crippen molar-refractivity contribution in [1.82, 2.24) is 4.98 Å². The first-order valence-electron chi connectivity index (χ1n) is 15.2. The van der Waals surface area contributed by atoms with Gasteiger partial charge >= 0.3 is 0 Å². The molecule has 0 radical (unpaired) electrons. The summed E-state index contributed by atoms with van der Waals surface area (Å²) in [5, 5.41) is 15.0. The van der Waals surface area contributed by atoms with Gasteiger partial charge in [0, 0.05) is 27.1 Å². The van der Waals surface area contributed by atoms with Crippen LogP contribution in [0.5, 0.6) is 0 Å². The van der Waals surface area contributed by atoms with E-state index in [0.717, 1.165) is 11.0 Å². The first-order chi connectivity index (χ1) is 21.8. The summed E-state index contributed by atoms with van der Waals surface area (Å²) >= 11 is 0. The fraction of sp³-hybridized carbons (Fsp3) is 0. The van der Waals surface area contributed by atoms with Crippen molar-refractivity contribution >= 4 is 75.7 Å². The van der Waals surface area contributed by atoms with Gasteiger partial charge in [-0.1, -0.05) is 146 Å². The number of hydrogen-bond donors (Lipinski definition) is 0. The average Bonchev–Trinajstić information content (AvgIpc) is 3.09. The van der Waals surface area contributed by atoms with Gasteiger partial charge in [0.15, 0.2) is 0 Å². The van der Waals surface area contributed by atoms with Crippen LogP contribution in [0.15, 0.2) is 152 Å². The maximum atomic E-state index is 5.39. The van der Waals surface area contributed by atoms with E-state index in [9.17, 15) is 0 Å². The lowest BCUT2D eigenvalue weighted by molar-refractivity contribution is 1.53. The van der Waals surface area contributed by atoms with Crippen molar-refractivity contribution in [2.45, 2.75) is 0 Å². The number of benzene rings is 9. The molecular weight excluding hydrogens is 530 g/mol. The molecule has 10 aromatic rings. The van der Waals surface area contributed by atoms with E-state index >= 15 is 0 Å². The SMILES string of the molecule is c1cc(-c2c3ccc4ccccc4c3nc3c2ccc2ccccc23)cc(-c2ccc3ccc4cccc5ccc2c3c45)c1. The molecule has 0 amide bonds. The molecule has 10 rings (SSSR count). The maximum absolute atomic E-state index is 5.39. The normalized spacial score (nSPS) is 12.1. The predicted molar refractivity (Wildman–Crippen MR) is 189 cm³/mol. The molecule has 0 spiro atoms. The smallest absolute Gasteiger partial charge is 0.0794 e. The Morgan fingerprint density at radius 1 is 0.318 bits per heavy atom. The van der Waals surface area contributed by atoms with E-state index in [1.807, 2.05) is 0 Å². The second-order valence-electron chi connectivity index (χ2n) is 11.9. The van der Waals surface area contributed by atoms with E-state index in [-0.39, 0.29) is 0 Å². The van der Waals surface area contributed by atoms with Crippen LogP contribution in [0.4, 0.5) is 0 Å². The first-order valence-corrected chi connectivity index (χ1v) is 15.2. The monoisotopic (exact) mass is 555 g/mol. The summed E-state index contributed by atoms with van der Waals surface area (Å²) in [5.41, 5.74) is 7.03. The van der Waals surface area contributed by atoms with Crippen LogP contribution in [-0.4, -0.2) is 4.98 Å². The second-order valence-corrected chi connectivity index (χ2v) is 11.9. The molecule has 1 nitrogen and oxygen atoms in total. The van der Waals surface area contributed by atoms with Gasteiger partial charge in [-0.05, 0) is 65.8 Å². The summed E-state index contributed by atoms with van der Waals surface area (Å²) < 4.78 is 0. The number of rotatable bonds is 2. The van der Waals surface area contributed by atoms with Crippen LogP contribution in [0.2, 0.25) is 0 Å². The maximum Gasteiger partial charge on any atom is 0.0794 e. The van der Waals surface area contributed by atoms with Crippen molar-refractivity contribution in [2.75, 3.05) is 0 Å². The van der Waals surface area contributed by atoms with E-state index < -0.39 is 0 Å². The van der Waals surface area contributed by atoms with Gasteiger partial charge in [-0.2, -0.15) is 0 Å². The molecule has 0 aliphatic carbocycles. The average molecular weight is 556 g/mol. The van der Waals surface area contributed by atoms with Crippen LogP contribution in [0, 0.1) is 0 Å². The third-order valence-electron chi connectivity index (χ3n) is 9.55. The van der Waals surface area contributed by atoms with Crippen LogP contribution < -0.4 is 0 Å². The summed E-state index contributed by atoms with van der Waals surface area (Å²) in [6, 6.07) is 55.6. The highest BCUT2D eigenvalue weighted by Crippen LogP contribution is 2.43. The molecule has 0 N–H and O–H groups in total. The minimum atomic E-state index is 1.05. The van der Waals surface area contributed by atoms with E-state index in [1.54, 1.807) is 0 Å². The highest BCUT2D eigenvalue weighted by atomic mass is 14.7. The number of aromatic nitrogens is 1. The zero-order valence-electron chi connectivity index (χ0n) is 23.9. The molecule has 0 aliphatic heterocycles. The Morgan fingerprint density at radius 3 is 1.52 bits per heavy atom.